The van der Waals surface area contributed by atoms with Gasteiger partial charge >= 0.3 is 0 Å². The van der Waals surface area contributed by atoms with Gasteiger partial charge in [-0.2, -0.15) is 0 Å². The molecule has 5 heteroatoms. The number of fused-ring (bicyclic) bond motifs is 5. The summed E-state index contributed by atoms with van der Waals surface area (Å²) >= 11 is 0. The summed E-state index contributed by atoms with van der Waals surface area (Å²) in [4.78, 5) is 14.3. The van der Waals surface area contributed by atoms with E-state index in [-0.39, 0.29) is 5.43 Å². The van der Waals surface area contributed by atoms with Crippen molar-refractivity contribution in [1.82, 2.24) is 9.58 Å². The van der Waals surface area contributed by atoms with E-state index in [1.54, 1.807) is 0 Å². The van der Waals surface area contributed by atoms with Crippen molar-refractivity contribution in [3.8, 4) is 5.75 Å². The fraction of sp³-hybridized carbons (Fsp3) is 0.367. The van der Waals surface area contributed by atoms with Crippen LogP contribution in [-0.2, 0) is 7.05 Å². The first kappa shape index (κ1) is 23.4. The number of ether oxygens (including phenoxy) is 1. The lowest BCUT2D eigenvalue weighted by atomic mass is 9.96. The van der Waals surface area contributed by atoms with Crippen molar-refractivity contribution in [2.24, 2.45) is 7.05 Å². The third-order valence-corrected chi connectivity index (χ3v) is 7.12. The molecule has 0 amide bonds. The van der Waals surface area contributed by atoms with Crippen molar-refractivity contribution in [2.75, 3.05) is 24.6 Å². The first-order valence-electron chi connectivity index (χ1n) is 12.7. The van der Waals surface area contributed by atoms with Gasteiger partial charge in [-0.1, -0.05) is 45.0 Å². The molecule has 1 aliphatic heterocycles. The number of rotatable bonds is 6. The Morgan fingerprint density at radius 2 is 1.69 bits per heavy atom. The lowest BCUT2D eigenvalue weighted by molar-refractivity contribution is 0.159. The Morgan fingerprint density at radius 1 is 1.00 bits per heavy atom. The van der Waals surface area contributed by atoms with Crippen molar-refractivity contribution >= 4 is 44.3 Å². The summed E-state index contributed by atoms with van der Waals surface area (Å²) in [5, 5.41) is 8.29. The summed E-state index contributed by atoms with van der Waals surface area (Å²) in [7, 11) is 2.07. The average Bonchev–Trinajstić information content (AvgIpc) is 2.85. The van der Waals surface area contributed by atoms with E-state index in [9.17, 15) is 4.79 Å². The molecular weight excluding hydrogens is 434 g/mol. The molecule has 0 saturated carbocycles. The Kier molecular flexibility index (Phi) is 5.84. The molecule has 0 aliphatic carbocycles. The monoisotopic (exact) mass is 469 g/mol. The number of benzene rings is 3. The largest absolute Gasteiger partial charge is 0.483 e. The highest BCUT2D eigenvalue weighted by molar-refractivity contribution is 6.08. The number of hydrogen-bond acceptors (Lipinski definition) is 4. The fourth-order valence-corrected chi connectivity index (χ4v) is 5.40. The van der Waals surface area contributed by atoms with Crippen molar-refractivity contribution in [1.29, 1.82) is 0 Å². The molecule has 2 heterocycles. The molecule has 0 radical (unpaired) electrons. The Labute approximate surface area is 207 Å². The molecule has 1 aliphatic rings. The number of hydrogen-bond donors (Lipinski definition) is 0. The van der Waals surface area contributed by atoms with E-state index in [1.807, 2.05) is 18.2 Å². The zero-order valence-corrected chi connectivity index (χ0v) is 21.7. The van der Waals surface area contributed by atoms with Gasteiger partial charge in [0.25, 0.3) is 0 Å². The van der Waals surface area contributed by atoms with Crippen LogP contribution in [-0.4, -0.2) is 34.8 Å². The number of anilines is 1. The van der Waals surface area contributed by atoms with Crippen LogP contribution in [0.4, 0.5) is 5.69 Å². The molecule has 0 fully saturated rings. The molecule has 1 aromatic heterocycles. The van der Waals surface area contributed by atoms with Crippen molar-refractivity contribution < 1.29 is 4.74 Å². The Balaban J connectivity index is 1.97. The maximum Gasteiger partial charge on any atom is 0.199 e. The third-order valence-electron chi connectivity index (χ3n) is 7.12. The van der Waals surface area contributed by atoms with E-state index >= 15 is 0 Å². The topological polar surface area (TPSA) is 37.7 Å². The van der Waals surface area contributed by atoms with Crippen LogP contribution in [0.2, 0.25) is 0 Å². The predicted octanol–water partition coefficient (Wildman–Crippen LogP) is 6.50. The Morgan fingerprint density at radius 3 is 2.34 bits per heavy atom. The molecule has 0 unspecified atom stereocenters. The molecule has 0 saturated heterocycles. The molecule has 4 aromatic rings. The van der Waals surface area contributed by atoms with Crippen LogP contribution in [0.25, 0.3) is 38.7 Å². The summed E-state index contributed by atoms with van der Waals surface area (Å²) in [5.74, 6) is 0.823. The first-order valence-corrected chi connectivity index (χ1v) is 12.7. The molecule has 5 nitrogen and oxygen atoms in total. The zero-order valence-electron chi connectivity index (χ0n) is 21.7. The van der Waals surface area contributed by atoms with Gasteiger partial charge in [-0.25, -0.2) is 5.01 Å². The minimum absolute atomic E-state index is 0.0724. The molecule has 182 valence electrons. The molecule has 0 N–H and O–H groups in total. The SMILES string of the molecule is CCCN(c1cc2c(c3c1c(=O)c1cc4ccccc4cc1n3C)C=CC(C)(C)O2)N(CC)CC. The Bertz CT molecular complexity index is 1530. The van der Waals surface area contributed by atoms with Gasteiger partial charge in [0.1, 0.15) is 11.4 Å². The molecule has 0 spiro atoms. The molecule has 35 heavy (non-hydrogen) atoms. The van der Waals surface area contributed by atoms with Crippen LogP contribution in [0.5, 0.6) is 5.75 Å². The zero-order chi connectivity index (χ0) is 24.9. The maximum atomic E-state index is 14.3. The summed E-state index contributed by atoms with van der Waals surface area (Å²) in [6.45, 7) is 13.2. The van der Waals surface area contributed by atoms with Crippen LogP contribution in [0, 0.1) is 0 Å². The third kappa shape index (κ3) is 3.79. The van der Waals surface area contributed by atoms with Crippen LogP contribution in [0.1, 0.15) is 46.6 Å². The van der Waals surface area contributed by atoms with Crippen molar-refractivity contribution in [3.05, 3.63) is 64.3 Å². The Hall–Kier alpha value is -3.31. The quantitative estimate of drug-likeness (QED) is 0.239. The second-order valence-corrected chi connectivity index (χ2v) is 9.94. The van der Waals surface area contributed by atoms with Gasteiger partial charge in [-0.3, -0.25) is 4.79 Å². The number of hydrazine groups is 1. The number of aromatic nitrogens is 1. The van der Waals surface area contributed by atoms with Crippen molar-refractivity contribution in [2.45, 2.75) is 46.6 Å². The lowest BCUT2D eigenvalue weighted by Crippen LogP contribution is -2.43. The highest BCUT2D eigenvalue weighted by Crippen LogP contribution is 2.41. The molecule has 3 aromatic carbocycles. The minimum Gasteiger partial charge on any atom is -0.483 e. The number of aryl methyl sites for hydroxylation is 1. The van der Waals surface area contributed by atoms with Gasteiger partial charge in [0.2, 0.25) is 0 Å². The van der Waals surface area contributed by atoms with E-state index < -0.39 is 5.60 Å². The number of pyridine rings is 1. The first-order chi connectivity index (χ1) is 16.8. The smallest absolute Gasteiger partial charge is 0.199 e. The van der Waals surface area contributed by atoms with Gasteiger partial charge in [-0.05, 0) is 55.3 Å². The van der Waals surface area contributed by atoms with Crippen LogP contribution < -0.4 is 15.2 Å². The van der Waals surface area contributed by atoms with Crippen molar-refractivity contribution in [3.63, 3.8) is 0 Å². The predicted molar refractivity (Wildman–Crippen MR) is 148 cm³/mol. The second kappa shape index (κ2) is 8.72. The lowest BCUT2D eigenvalue weighted by Gasteiger charge is -2.37. The average molecular weight is 470 g/mol. The van der Waals surface area contributed by atoms with Crippen LogP contribution >= 0.6 is 0 Å². The van der Waals surface area contributed by atoms with E-state index in [2.05, 4.69) is 92.7 Å². The number of nitrogens with zero attached hydrogens (tertiary/aromatic N) is 3. The van der Waals surface area contributed by atoms with Gasteiger partial charge in [0.15, 0.2) is 5.43 Å². The van der Waals surface area contributed by atoms with Crippen LogP contribution in [0.3, 0.4) is 0 Å². The fourth-order valence-electron chi connectivity index (χ4n) is 5.40. The maximum absolute atomic E-state index is 14.3. The summed E-state index contributed by atoms with van der Waals surface area (Å²) in [6, 6.07) is 14.5. The van der Waals surface area contributed by atoms with E-state index in [4.69, 9.17) is 4.74 Å². The van der Waals surface area contributed by atoms with Crippen LogP contribution in [0.15, 0.2) is 53.3 Å². The van der Waals surface area contributed by atoms with Gasteiger partial charge in [0, 0.05) is 43.7 Å². The highest BCUT2D eigenvalue weighted by Gasteiger charge is 2.29. The van der Waals surface area contributed by atoms with E-state index in [0.717, 1.165) is 75.6 Å². The van der Waals surface area contributed by atoms with E-state index in [0.29, 0.717) is 0 Å². The summed E-state index contributed by atoms with van der Waals surface area (Å²) in [6.07, 6.45) is 5.18. The standard InChI is InChI=1S/C30H35N3O2/c1-7-16-33(32(8-2)9-3)25-19-26-22(14-15-30(4,5)35-26)28-27(25)29(34)23-17-20-12-10-11-13-21(20)18-24(23)31(28)6/h10-15,17-19H,7-9,16H2,1-6H3. The second-order valence-electron chi connectivity index (χ2n) is 9.94. The molecule has 5 rings (SSSR count). The molecular formula is C30H35N3O2. The van der Waals surface area contributed by atoms with Gasteiger partial charge < -0.3 is 14.3 Å². The molecule has 0 atom stereocenters. The highest BCUT2D eigenvalue weighted by atomic mass is 16.5. The molecule has 0 bridgehead atoms. The summed E-state index contributed by atoms with van der Waals surface area (Å²) in [5.41, 5.74) is 3.41. The van der Waals surface area contributed by atoms with Gasteiger partial charge in [-0.15, -0.1) is 0 Å². The van der Waals surface area contributed by atoms with E-state index in [1.165, 1.54) is 0 Å². The minimum atomic E-state index is -0.408. The van der Waals surface area contributed by atoms with Gasteiger partial charge in [0.05, 0.1) is 22.1 Å². The normalized spacial score (nSPS) is 14.6. The summed E-state index contributed by atoms with van der Waals surface area (Å²) < 4.78 is 8.65.